The summed E-state index contributed by atoms with van der Waals surface area (Å²) in [6, 6.07) is 3.22. The van der Waals surface area contributed by atoms with Crippen molar-refractivity contribution in [2.24, 2.45) is 5.92 Å². The molecule has 0 N–H and O–H groups in total. The fourth-order valence-corrected chi connectivity index (χ4v) is 2.48. The number of aromatic nitrogens is 1. The molecular formula is C15H21NO3. The normalized spacial score (nSPS) is 23.1. The van der Waals surface area contributed by atoms with Crippen LogP contribution in [-0.4, -0.2) is 16.6 Å². The van der Waals surface area contributed by atoms with Crippen molar-refractivity contribution in [3.8, 4) is 0 Å². The van der Waals surface area contributed by atoms with Gasteiger partial charge < -0.3 is 9.30 Å². The quantitative estimate of drug-likeness (QED) is 0.786. The Bertz CT molecular complexity index is 498. The SMILES string of the molecule is Cc1ccc(=O)n(CC(=O)OC2CCC(C)CC2)c1. The number of nitrogens with zero attached hydrogens (tertiary/aromatic N) is 1. The molecule has 1 aliphatic carbocycles. The average molecular weight is 263 g/mol. The second-order valence-corrected chi connectivity index (χ2v) is 5.54. The van der Waals surface area contributed by atoms with E-state index in [0.717, 1.165) is 37.2 Å². The predicted molar refractivity (Wildman–Crippen MR) is 73.0 cm³/mol. The molecule has 2 rings (SSSR count). The summed E-state index contributed by atoms with van der Waals surface area (Å²) in [6.45, 7) is 4.13. The molecule has 1 heterocycles. The zero-order valence-electron chi connectivity index (χ0n) is 11.6. The van der Waals surface area contributed by atoms with Crippen molar-refractivity contribution in [2.75, 3.05) is 0 Å². The Kier molecular flexibility index (Phi) is 4.40. The third-order valence-electron chi connectivity index (χ3n) is 3.69. The van der Waals surface area contributed by atoms with Gasteiger partial charge in [0.15, 0.2) is 0 Å². The van der Waals surface area contributed by atoms with E-state index >= 15 is 0 Å². The van der Waals surface area contributed by atoms with Gasteiger partial charge in [-0.05, 0) is 44.1 Å². The number of ether oxygens (including phenoxy) is 1. The zero-order valence-corrected chi connectivity index (χ0v) is 11.6. The van der Waals surface area contributed by atoms with E-state index in [2.05, 4.69) is 6.92 Å². The van der Waals surface area contributed by atoms with E-state index < -0.39 is 0 Å². The molecule has 0 spiro atoms. The highest BCUT2D eigenvalue weighted by Gasteiger charge is 2.21. The first kappa shape index (κ1) is 13.8. The van der Waals surface area contributed by atoms with Crippen molar-refractivity contribution in [1.29, 1.82) is 0 Å². The van der Waals surface area contributed by atoms with Gasteiger partial charge in [0.1, 0.15) is 12.6 Å². The van der Waals surface area contributed by atoms with Gasteiger partial charge in [0.25, 0.3) is 5.56 Å². The molecule has 0 bridgehead atoms. The van der Waals surface area contributed by atoms with Gasteiger partial charge in [0, 0.05) is 12.3 Å². The summed E-state index contributed by atoms with van der Waals surface area (Å²) >= 11 is 0. The van der Waals surface area contributed by atoms with E-state index in [0.29, 0.717) is 0 Å². The van der Waals surface area contributed by atoms with Crippen molar-refractivity contribution in [3.05, 3.63) is 34.2 Å². The first-order valence-electron chi connectivity index (χ1n) is 6.91. The fraction of sp³-hybridized carbons (Fsp3) is 0.600. The Hall–Kier alpha value is -1.58. The van der Waals surface area contributed by atoms with Gasteiger partial charge >= 0.3 is 5.97 Å². The molecule has 1 aromatic heterocycles. The molecule has 19 heavy (non-hydrogen) atoms. The lowest BCUT2D eigenvalue weighted by atomic mass is 9.89. The third-order valence-corrected chi connectivity index (χ3v) is 3.69. The summed E-state index contributed by atoms with van der Waals surface area (Å²) in [4.78, 5) is 23.4. The summed E-state index contributed by atoms with van der Waals surface area (Å²) < 4.78 is 6.85. The second kappa shape index (κ2) is 6.04. The number of esters is 1. The molecule has 4 heteroatoms. The van der Waals surface area contributed by atoms with Gasteiger partial charge in [-0.2, -0.15) is 0 Å². The number of aryl methyl sites for hydroxylation is 1. The predicted octanol–water partition coefficient (Wildman–Crippen LogP) is 2.28. The van der Waals surface area contributed by atoms with Crippen LogP contribution in [0.3, 0.4) is 0 Å². The molecule has 4 nitrogen and oxygen atoms in total. The largest absolute Gasteiger partial charge is 0.461 e. The number of carbonyl (C=O) groups is 1. The molecule has 104 valence electrons. The van der Waals surface area contributed by atoms with Crippen LogP contribution < -0.4 is 5.56 Å². The van der Waals surface area contributed by atoms with Gasteiger partial charge in [0.05, 0.1) is 0 Å². The van der Waals surface area contributed by atoms with Gasteiger partial charge in [-0.15, -0.1) is 0 Å². The highest BCUT2D eigenvalue weighted by Crippen LogP contribution is 2.25. The summed E-state index contributed by atoms with van der Waals surface area (Å²) in [5.41, 5.74) is 0.790. The second-order valence-electron chi connectivity index (χ2n) is 5.54. The lowest BCUT2D eigenvalue weighted by Crippen LogP contribution is -2.29. The van der Waals surface area contributed by atoms with Crippen LogP contribution >= 0.6 is 0 Å². The average Bonchev–Trinajstić information content (AvgIpc) is 2.37. The monoisotopic (exact) mass is 263 g/mol. The van der Waals surface area contributed by atoms with Crippen molar-refractivity contribution in [1.82, 2.24) is 4.57 Å². The van der Waals surface area contributed by atoms with E-state index in [1.807, 2.05) is 6.92 Å². The molecule has 0 saturated heterocycles. The van der Waals surface area contributed by atoms with Crippen LogP contribution in [0.2, 0.25) is 0 Å². The first-order chi connectivity index (χ1) is 9.04. The molecule has 0 unspecified atom stereocenters. The molecule has 0 amide bonds. The van der Waals surface area contributed by atoms with Crippen LogP contribution in [0.15, 0.2) is 23.1 Å². The summed E-state index contributed by atoms with van der Waals surface area (Å²) in [6.07, 6.45) is 5.83. The standard InChI is InChI=1S/C15H21NO3/c1-11-3-6-13(7-4-11)19-15(18)10-16-9-12(2)5-8-14(16)17/h5,8-9,11,13H,3-4,6-7,10H2,1-2H3. The van der Waals surface area contributed by atoms with Gasteiger partial charge in [0.2, 0.25) is 0 Å². The van der Waals surface area contributed by atoms with Gasteiger partial charge in [-0.3, -0.25) is 9.59 Å². The maximum Gasteiger partial charge on any atom is 0.326 e. The van der Waals surface area contributed by atoms with Crippen LogP contribution in [0.4, 0.5) is 0 Å². The summed E-state index contributed by atoms with van der Waals surface area (Å²) in [5.74, 6) is 0.418. The Balaban J connectivity index is 1.90. The third kappa shape index (κ3) is 3.94. The van der Waals surface area contributed by atoms with Crippen LogP contribution in [0.5, 0.6) is 0 Å². The molecular weight excluding hydrogens is 242 g/mol. The van der Waals surface area contributed by atoms with Crippen molar-refractivity contribution < 1.29 is 9.53 Å². The zero-order chi connectivity index (χ0) is 13.8. The van der Waals surface area contributed by atoms with E-state index in [9.17, 15) is 9.59 Å². The summed E-state index contributed by atoms with van der Waals surface area (Å²) in [7, 11) is 0. The molecule has 1 fully saturated rings. The maximum atomic E-state index is 11.8. The van der Waals surface area contributed by atoms with Crippen LogP contribution in [0, 0.1) is 12.8 Å². The lowest BCUT2D eigenvalue weighted by molar-refractivity contribution is -0.151. The number of hydrogen-bond acceptors (Lipinski definition) is 3. The minimum absolute atomic E-state index is 0.00651. The Morgan fingerprint density at radius 2 is 2.00 bits per heavy atom. The lowest BCUT2D eigenvalue weighted by Gasteiger charge is -2.26. The van der Waals surface area contributed by atoms with Crippen molar-refractivity contribution in [2.45, 2.75) is 52.2 Å². The number of carbonyl (C=O) groups excluding carboxylic acids is 1. The topological polar surface area (TPSA) is 48.3 Å². The smallest absolute Gasteiger partial charge is 0.326 e. The molecule has 0 atom stereocenters. The Morgan fingerprint density at radius 3 is 2.68 bits per heavy atom. The van der Waals surface area contributed by atoms with E-state index in [1.165, 1.54) is 10.6 Å². The minimum atomic E-state index is -0.313. The van der Waals surface area contributed by atoms with Crippen LogP contribution in [-0.2, 0) is 16.1 Å². The highest BCUT2D eigenvalue weighted by molar-refractivity contribution is 5.69. The van der Waals surface area contributed by atoms with E-state index in [4.69, 9.17) is 4.74 Å². The van der Waals surface area contributed by atoms with Crippen LogP contribution in [0.25, 0.3) is 0 Å². The molecule has 0 radical (unpaired) electrons. The minimum Gasteiger partial charge on any atom is -0.461 e. The van der Waals surface area contributed by atoms with E-state index in [-0.39, 0.29) is 24.2 Å². The number of pyridine rings is 1. The Labute approximate surface area is 113 Å². The number of hydrogen-bond donors (Lipinski definition) is 0. The first-order valence-corrected chi connectivity index (χ1v) is 6.91. The molecule has 0 aromatic carbocycles. The Morgan fingerprint density at radius 1 is 1.32 bits per heavy atom. The maximum absolute atomic E-state index is 11.8. The molecule has 1 aromatic rings. The highest BCUT2D eigenvalue weighted by atomic mass is 16.5. The van der Waals surface area contributed by atoms with Gasteiger partial charge in [-0.1, -0.05) is 13.0 Å². The van der Waals surface area contributed by atoms with E-state index in [1.54, 1.807) is 12.3 Å². The van der Waals surface area contributed by atoms with Gasteiger partial charge in [-0.25, -0.2) is 0 Å². The van der Waals surface area contributed by atoms with Crippen molar-refractivity contribution >= 4 is 5.97 Å². The van der Waals surface area contributed by atoms with Crippen LogP contribution in [0.1, 0.15) is 38.2 Å². The molecule has 0 aliphatic heterocycles. The summed E-state index contributed by atoms with van der Waals surface area (Å²) in [5, 5.41) is 0. The van der Waals surface area contributed by atoms with Crippen molar-refractivity contribution in [3.63, 3.8) is 0 Å². The fourth-order valence-electron chi connectivity index (χ4n) is 2.48. The number of rotatable bonds is 3. The molecule has 1 aliphatic rings. The molecule has 1 saturated carbocycles.